The van der Waals surface area contributed by atoms with Crippen molar-refractivity contribution in [3.05, 3.63) is 14.7 Å². The van der Waals surface area contributed by atoms with Gasteiger partial charge in [0.15, 0.2) is 0 Å². The number of thiophene rings is 1. The van der Waals surface area contributed by atoms with Crippen LogP contribution in [0.2, 0.25) is 0 Å². The molecule has 0 fully saturated rings. The number of nitrogens with zero attached hydrogens (tertiary/aromatic N) is 1. The predicted octanol–water partition coefficient (Wildman–Crippen LogP) is 1.39. The lowest BCUT2D eigenvalue weighted by atomic mass is 10.4. The third-order valence-corrected chi connectivity index (χ3v) is 6.46. The monoisotopic (exact) mass is 385 g/mol. The Bertz CT molecular complexity index is 624. The van der Waals surface area contributed by atoms with Crippen LogP contribution in [-0.2, 0) is 19.6 Å². The van der Waals surface area contributed by atoms with Gasteiger partial charge in [-0.1, -0.05) is 0 Å². The Morgan fingerprint density at radius 2 is 2.10 bits per heavy atom. The minimum atomic E-state index is -3.86. The molecule has 0 saturated carbocycles. The largest absolute Gasteiger partial charge is 0.481 e. The molecule has 0 aromatic carbocycles. The molecule has 10 heteroatoms. The highest BCUT2D eigenvalue weighted by Gasteiger charge is 2.27. The number of hydrogen-bond donors (Lipinski definition) is 1. The van der Waals surface area contributed by atoms with Crippen molar-refractivity contribution < 1.29 is 27.9 Å². The molecular weight excluding hydrogens is 374 g/mol. The van der Waals surface area contributed by atoms with Crippen LogP contribution in [0.4, 0.5) is 0 Å². The predicted molar refractivity (Wildman–Crippen MR) is 75.4 cm³/mol. The minimum Gasteiger partial charge on any atom is -0.481 e. The first-order chi connectivity index (χ1) is 9.20. The molecule has 7 nitrogen and oxygen atoms in total. The topological polar surface area (TPSA) is 101 Å². The van der Waals surface area contributed by atoms with Gasteiger partial charge in [0.25, 0.3) is 0 Å². The SMILES string of the molecule is COC(=O)c1cc(S(=O)(=O)N(C)CCC(=O)O)c(Br)s1. The maximum absolute atomic E-state index is 12.2. The van der Waals surface area contributed by atoms with Crippen LogP contribution in [0.3, 0.4) is 0 Å². The summed E-state index contributed by atoms with van der Waals surface area (Å²) in [4.78, 5) is 21.9. The molecule has 20 heavy (non-hydrogen) atoms. The molecule has 0 radical (unpaired) electrons. The Hall–Kier alpha value is -0.970. The van der Waals surface area contributed by atoms with Crippen molar-refractivity contribution in [2.45, 2.75) is 11.3 Å². The summed E-state index contributed by atoms with van der Waals surface area (Å²) in [5.41, 5.74) is 0. The summed E-state index contributed by atoms with van der Waals surface area (Å²) in [7, 11) is -1.38. The second kappa shape index (κ2) is 6.66. The Morgan fingerprint density at radius 1 is 1.50 bits per heavy atom. The molecule has 0 aliphatic heterocycles. The molecule has 0 saturated heterocycles. The molecule has 0 spiro atoms. The van der Waals surface area contributed by atoms with Crippen LogP contribution in [0.1, 0.15) is 16.1 Å². The van der Waals surface area contributed by atoms with E-state index in [4.69, 9.17) is 5.11 Å². The van der Waals surface area contributed by atoms with Crippen LogP contribution in [0, 0.1) is 0 Å². The fraction of sp³-hybridized carbons (Fsp3) is 0.400. The average Bonchev–Trinajstić information content (AvgIpc) is 2.77. The zero-order valence-corrected chi connectivity index (χ0v) is 13.8. The normalized spacial score (nSPS) is 11.6. The summed E-state index contributed by atoms with van der Waals surface area (Å²) < 4.78 is 30.2. The molecule has 0 aliphatic carbocycles. The van der Waals surface area contributed by atoms with Crippen molar-refractivity contribution in [2.24, 2.45) is 0 Å². The van der Waals surface area contributed by atoms with E-state index in [1.807, 2.05) is 0 Å². The molecule has 1 N–H and O–H groups in total. The molecule has 1 rings (SSSR count). The van der Waals surface area contributed by atoms with Gasteiger partial charge >= 0.3 is 11.9 Å². The lowest BCUT2D eigenvalue weighted by Crippen LogP contribution is -2.29. The first-order valence-corrected chi connectivity index (χ1v) is 8.31. The summed E-state index contributed by atoms with van der Waals surface area (Å²) in [6, 6.07) is 1.20. The summed E-state index contributed by atoms with van der Waals surface area (Å²) in [5, 5.41) is 8.57. The van der Waals surface area contributed by atoms with Gasteiger partial charge in [-0.2, -0.15) is 0 Å². The van der Waals surface area contributed by atoms with Crippen LogP contribution < -0.4 is 0 Å². The summed E-state index contributed by atoms with van der Waals surface area (Å²) in [6.07, 6.45) is -0.304. The number of ether oxygens (including phenoxy) is 1. The second-order valence-electron chi connectivity index (χ2n) is 3.71. The van der Waals surface area contributed by atoms with E-state index in [0.717, 1.165) is 15.6 Å². The van der Waals surface area contributed by atoms with E-state index in [0.29, 0.717) is 0 Å². The van der Waals surface area contributed by atoms with Gasteiger partial charge in [0.05, 0.1) is 17.3 Å². The fourth-order valence-electron chi connectivity index (χ4n) is 1.27. The van der Waals surface area contributed by atoms with E-state index in [1.54, 1.807) is 0 Å². The molecule has 0 atom stereocenters. The molecule has 1 aromatic heterocycles. The zero-order valence-electron chi connectivity index (χ0n) is 10.6. The highest BCUT2D eigenvalue weighted by atomic mass is 79.9. The van der Waals surface area contributed by atoms with Gasteiger partial charge in [0.1, 0.15) is 9.77 Å². The maximum Gasteiger partial charge on any atom is 0.348 e. The Kier molecular flexibility index (Phi) is 5.68. The standard InChI is InChI=1S/C10H12BrNO6S2/c1-12(4-3-8(13)14)20(16,17)7-5-6(10(15)18-2)19-9(7)11/h5H,3-4H2,1-2H3,(H,13,14). The van der Waals surface area contributed by atoms with Gasteiger partial charge in [-0.25, -0.2) is 17.5 Å². The van der Waals surface area contributed by atoms with E-state index in [2.05, 4.69) is 20.7 Å². The van der Waals surface area contributed by atoms with E-state index >= 15 is 0 Å². The van der Waals surface area contributed by atoms with Gasteiger partial charge in [0, 0.05) is 13.6 Å². The molecule has 1 heterocycles. The molecule has 112 valence electrons. The molecular formula is C10H12BrNO6S2. The van der Waals surface area contributed by atoms with E-state index in [9.17, 15) is 18.0 Å². The molecule has 0 bridgehead atoms. The highest BCUT2D eigenvalue weighted by Crippen LogP contribution is 2.33. The number of hydrogen-bond acceptors (Lipinski definition) is 6. The number of halogens is 1. The molecule has 1 aromatic rings. The van der Waals surface area contributed by atoms with E-state index in [-0.39, 0.29) is 26.5 Å². The van der Waals surface area contributed by atoms with Crippen LogP contribution in [-0.4, -0.2) is 50.5 Å². The maximum atomic E-state index is 12.2. The number of esters is 1. The number of aliphatic carboxylic acids is 1. The van der Waals surface area contributed by atoms with Crippen LogP contribution in [0.5, 0.6) is 0 Å². The number of carbonyl (C=O) groups excluding carboxylic acids is 1. The van der Waals surface area contributed by atoms with Gasteiger partial charge in [-0.05, 0) is 22.0 Å². The Balaban J connectivity index is 3.06. The number of methoxy groups -OCH3 is 1. The molecule has 0 aliphatic rings. The summed E-state index contributed by atoms with van der Waals surface area (Å²) in [6.45, 7) is -0.159. The van der Waals surface area contributed by atoms with Crippen molar-refractivity contribution >= 4 is 49.2 Å². The first kappa shape index (κ1) is 17.1. The zero-order chi connectivity index (χ0) is 15.5. The third kappa shape index (κ3) is 3.78. The average molecular weight is 386 g/mol. The van der Waals surface area contributed by atoms with E-state index < -0.39 is 22.0 Å². The lowest BCUT2D eigenvalue weighted by Gasteiger charge is -2.15. The van der Waals surface area contributed by atoms with Crippen molar-refractivity contribution in [3.63, 3.8) is 0 Å². The smallest absolute Gasteiger partial charge is 0.348 e. The van der Waals surface area contributed by atoms with Gasteiger partial charge in [0.2, 0.25) is 10.0 Å². The van der Waals surface area contributed by atoms with Crippen LogP contribution >= 0.6 is 27.3 Å². The van der Waals surface area contributed by atoms with Crippen LogP contribution in [0.25, 0.3) is 0 Å². The summed E-state index contributed by atoms with van der Waals surface area (Å²) in [5.74, 6) is -1.72. The summed E-state index contributed by atoms with van der Waals surface area (Å²) >= 11 is 4.02. The Labute approximate surface area is 128 Å². The Morgan fingerprint density at radius 3 is 2.60 bits per heavy atom. The number of carboxylic acids is 1. The van der Waals surface area contributed by atoms with Crippen LogP contribution in [0.15, 0.2) is 14.7 Å². The first-order valence-electron chi connectivity index (χ1n) is 5.26. The number of sulfonamides is 1. The van der Waals surface area contributed by atoms with Gasteiger partial charge in [-0.15, -0.1) is 11.3 Å². The number of carbonyl (C=O) groups is 2. The molecule has 0 unspecified atom stereocenters. The quantitative estimate of drug-likeness (QED) is 0.742. The van der Waals surface area contributed by atoms with Gasteiger partial charge < -0.3 is 9.84 Å². The minimum absolute atomic E-state index is 0.0872. The number of carboxylic acid groups (broad SMARTS) is 1. The lowest BCUT2D eigenvalue weighted by molar-refractivity contribution is -0.137. The second-order valence-corrected chi connectivity index (χ2v) is 8.09. The third-order valence-electron chi connectivity index (χ3n) is 2.37. The molecule has 0 amide bonds. The van der Waals surface area contributed by atoms with Crippen molar-refractivity contribution in [1.29, 1.82) is 0 Å². The van der Waals surface area contributed by atoms with Crippen molar-refractivity contribution in [2.75, 3.05) is 20.7 Å². The van der Waals surface area contributed by atoms with Gasteiger partial charge in [-0.3, -0.25) is 4.79 Å². The fourth-order valence-corrected chi connectivity index (χ4v) is 4.87. The number of rotatable bonds is 6. The van der Waals surface area contributed by atoms with E-state index in [1.165, 1.54) is 20.2 Å². The highest BCUT2D eigenvalue weighted by molar-refractivity contribution is 9.11. The van der Waals surface area contributed by atoms with Crippen molar-refractivity contribution in [3.8, 4) is 0 Å². The van der Waals surface area contributed by atoms with Crippen molar-refractivity contribution in [1.82, 2.24) is 4.31 Å².